The maximum absolute atomic E-state index is 12.1. The lowest BCUT2D eigenvalue weighted by molar-refractivity contribution is -0.298. The van der Waals surface area contributed by atoms with E-state index in [0.717, 1.165) is 0 Å². The molecule has 0 aliphatic rings. The van der Waals surface area contributed by atoms with Gasteiger partial charge in [-0.05, 0) is 0 Å². The Morgan fingerprint density at radius 3 is 1.43 bits per heavy atom. The van der Waals surface area contributed by atoms with Gasteiger partial charge in [0, 0.05) is 6.42 Å². The predicted molar refractivity (Wildman–Crippen MR) is 30.8 cm³/mol. The maximum atomic E-state index is 12.1. The van der Waals surface area contributed by atoms with Crippen molar-refractivity contribution in [2.75, 3.05) is 0 Å². The lowest BCUT2D eigenvalue weighted by Gasteiger charge is -2.24. The fourth-order valence-electron chi connectivity index (χ4n) is 0.616. The normalized spacial score (nSPS) is 16.9. The van der Waals surface area contributed by atoms with Crippen LogP contribution in [0.2, 0.25) is 0 Å². The molecule has 14 heavy (non-hydrogen) atoms. The van der Waals surface area contributed by atoms with Crippen molar-refractivity contribution in [3.63, 3.8) is 0 Å². The Kier molecular flexibility index (Phi) is 3.40. The molecule has 0 aliphatic carbocycles. The van der Waals surface area contributed by atoms with E-state index in [0.29, 0.717) is 0 Å². The first-order chi connectivity index (χ1) is 5.88. The lowest BCUT2D eigenvalue weighted by Crippen LogP contribution is -2.40. The van der Waals surface area contributed by atoms with Gasteiger partial charge in [-0.1, -0.05) is 6.92 Å². The molecule has 0 amide bonds. The van der Waals surface area contributed by atoms with Crippen molar-refractivity contribution in [3.8, 4) is 0 Å². The van der Waals surface area contributed by atoms with E-state index < -0.39 is 30.6 Å². The summed E-state index contributed by atoms with van der Waals surface area (Å²) in [5.74, 6) is -8.00. The number of alkyl halides is 8. The highest BCUT2D eigenvalue weighted by molar-refractivity contribution is 4.80. The largest absolute Gasteiger partial charge is 0.453 e. The van der Waals surface area contributed by atoms with Gasteiger partial charge in [0.1, 0.15) is 0 Å². The molecule has 0 spiro atoms. The van der Waals surface area contributed by atoms with Crippen LogP contribution in [0.1, 0.15) is 13.3 Å². The second-order valence-electron chi connectivity index (χ2n) is 2.85. The van der Waals surface area contributed by atoms with Crippen molar-refractivity contribution in [1.29, 1.82) is 0 Å². The second-order valence-corrected chi connectivity index (χ2v) is 2.85. The maximum Gasteiger partial charge on any atom is 0.453 e. The van der Waals surface area contributed by atoms with Crippen LogP contribution in [0.3, 0.4) is 0 Å². The first-order valence-corrected chi connectivity index (χ1v) is 3.39. The Bertz CT molecular complexity index is 187. The third kappa shape index (κ3) is 3.30. The van der Waals surface area contributed by atoms with Gasteiger partial charge in [-0.15, -0.1) is 0 Å². The third-order valence-electron chi connectivity index (χ3n) is 1.54. The van der Waals surface area contributed by atoms with Crippen LogP contribution in [0, 0.1) is 5.92 Å². The Labute approximate surface area is 73.9 Å². The molecule has 1 atom stereocenters. The van der Waals surface area contributed by atoms with Crippen LogP contribution in [0.5, 0.6) is 0 Å². The van der Waals surface area contributed by atoms with E-state index in [9.17, 15) is 35.1 Å². The summed E-state index contributed by atoms with van der Waals surface area (Å²) in [6, 6.07) is 0. The molecule has 0 bridgehead atoms. The summed E-state index contributed by atoms with van der Waals surface area (Å²) >= 11 is 0. The van der Waals surface area contributed by atoms with Gasteiger partial charge in [-0.2, -0.15) is 35.1 Å². The molecule has 0 saturated heterocycles. The highest BCUT2D eigenvalue weighted by Crippen LogP contribution is 2.43. The summed E-state index contributed by atoms with van der Waals surface area (Å²) < 4.78 is 93.6. The highest BCUT2D eigenvalue weighted by Gasteiger charge is 2.59. The Balaban J connectivity index is 4.53. The molecule has 0 fully saturated rings. The molecule has 0 aliphatic heterocycles. The SMILES string of the molecule is CC(CC(F)(F)C(F)(F)F)C(F)(F)F. The molecule has 1 unspecified atom stereocenters. The van der Waals surface area contributed by atoms with Gasteiger partial charge in [0.25, 0.3) is 0 Å². The van der Waals surface area contributed by atoms with Gasteiger partial charge in [0.15, 0.2) is 0 Å². The molecule has 0 aromatic carbocycles. The molecular weight excluding hydrogens is 224 g/mol. The summed E-state index contributed by atoms with van der Waals surface area (Å²) in [6.07, 6.45) is -13.3. The zero-order valence-electron chi connectivity index (χ0n) is 6.81. The fourth-order valence-corrected chi connectivity index (χ4v) is 0.616. The number of rotatable bonds is 2. The second kappa shape index (κ2) is 3.54. The van der Waals surface area contributed by atoms with Gasteiger partial charge >= 0.3 is 18.3 Å². The van der Waals surface area contributed by atoms with Crippen LogP contribution in [-0.2, 0) is 0 Å². The van der Waals surface area contributed by atoms with E-state index in [1.54, 1.807) is 0 Å². The van der Waals surface area contributed by atoms with Crippen LogP contribution >= 0.6 is 0 Å². The molecule has 0 N–H and O–H groups in total. The summed E-state index contributed by atoms with van der Waals surface area (Å²) in [5, 5.41) is 0. The summed E-state index contributed by atoms with van der Waals surface area (Å²) in [6.45, 7) is 0.277. The van der Waals surface area contributed by atoms with Crippen LogP contribution < -0.4 is 0 Å². The van der Waals surface area contributed by atoms with Gasteiger partial charge in [-0.3, -0.25) is 0 Å². The van der Waals surface area contributed by atoms with E-state index >= 15 is 0 Å². The van der Waals surface area contributed by atoms with Gasteiger partial charge < -0.3 is 0 Å². The van der Waals surface area contributed by atoms with Crippen molar-refractivity contribution in [2.45, 2.75) is 31.6 Å². The molecule has 0 nitrogen and oxygen atoms in total. The number of hydrogen-bond donors (Lipinski definition) is 0. The van der Waals surface area contributed by atoms with Crippen LogP contribution in [0.15, 0.2) is 0 Å². The van der Waals surface area contributed by atoms with E-state index in [2.05, 4.69) is 0 Å². The summed E-state index contributed by atoms with van der Waals surface area (Å²) in [5.41, 5.74) is 0. The first-order valence-electron chi connectivity index (χ1n) is 3.39. The molecule has 0 rings (SSSR count). The third-order valence-corrected chi connectivity index (χ3v) is 1.54. The average Bonchev–Trinajstić information content (AvgIpc) is 1.80. The number of hydrogen-bond acceptors (Lipinski definition) is 0. The van der Waals surface area contributed by atoms with Crippen molar-refractivity contribution >= 4 is 0 Å². The van der Waals surface area contributed by atoms with Gasteiger partial charge in [0.05, 0.1) is 5.92 Å². The fraction of sp³-hybridized carbons (Fsp3) is 1.00. The van der Waals surface area contributed by atoms with Crippen molar-refractivity contribution in [1.82, 2.24) is 0 Å². The molecule has 0 radical (unpaired) electrons. The van der Waals surface area contributed by atoms with E-state index in [1.165, 1.54) is 0 Å². The van der Waals surface area contributed by atoms with Crippen LogP contribution in [0.4, 0.5) is 35.1 Å². The van der Waals surface area contributed by atoms with Crippen molar-refractivity contribution in [2.24, 2.45) is 5.92 Å². The molecular formula is C6H6F8. The zero-order chi connectivity index (χ0) is 11.8. The minimum Gasteiger partial charge on any atom is -0.196 e. The molecule has 0 saturated carbocycles. The lowest BCUT2D eigenvalue weighted by atomic mass is 10.0. The first kappa shape index (κ1) is 13.4. The standard InChI is InChI=1S/C6H6F8/c1-3(5(9,10)11)2-4(7,8)6(12,13)14/h3H,2H2,1H3. The number of halogens is 8. The van der Waals surface area contributed by atoms with Crippen LogP contribution in [0.25, 0.3) is 0 Å². The van der Waals surface area contributed by atoms with E-state index in [-0.39, 0.29) is 6.92 Å². The zero-order valence-corrected chi connectivity index (χ0v) is 6.81. The minimum absolute atomic E-state index is 0.277. The molecule has 86 valence electrons. The molecule has 8 heteroatoms. The van der Waals surface area contributed by atoms with Gasteiger partial charge in [-0.25, -0.2) is 0 Å². The highest BCUT2D eigenvalue weighted by atomic mass is 19.4. The Morgan fingerprint density at radius 1 is 0.857 bits per heavy atom. The van der Waals surface area contributed by atoms with E-state index in [4.69, 9.17) is 0 Å². The minimum atomic E-state index is -5.94. The smallest absolute Gasteiger partial charge is 0.196 e. The average molecular weight is 230 g/mol. The molecule has 0 aromatic rings. The summed E-state index contributed by atoms with van der Waals surface area (Å²) in [4.78, 5) is 0. The quantitative estimate of drug-likeness (QED) is 0.633. The topological polar surface area (TPSA) is 0 Å². The molecule has 0 aromatic heterocycles. The van der Waals surface area contributed by atoms with E-state index in [1.807, 2.05) is 0 Å². The van der Waals surface area contributed by atoms with Crippen LogP contribution in [-0.4, -0.2) is 18.3 Å². The summed E-state index contributed by atoms with van der Waals surface area (Å²) in [7, 11) is 0. The Hall–Kier alpha value is -0.560. The van der Waals surface area contributed by atoms with Gasteiger partial charge in [0.2, 0.25) is 0 Å². The molecule has 0 heterocycles. The van der Waals surface area contributed by atoms with Crippen molar-refractivity contribution < 1.29 is 35.1 Å². The predicted octanol–water partition coefficient (Wildman–Crippen LogP) is 3.77. The van der Waals surface area contributed by atoms with Crippen molar-refractivity contribution in [3.05, 3.63) is 0 Å². The Morgan fingerprint density at radius 2 is 1.21 bits per heavy atom. The monoisotopic (exact) mass is 230 g/mol.